The van der Waals surface area contributed by atoms with Gasteiger partial charge in [-0.1, -0.05) is 25.6 Å². The number of carbonyl (C=O) groups is 2. The zero-order valence-corrected chi connectivity index (χ0v) is 15.0. The van der Waals surface area contributed by atoms with Crippen LogP contribution in [0.3, 0.4) is 0 Å². The molecule has 0 radical (unpaired) electrons. The van der Waals surface area contributed by atoms with E-state index in [-0.39, 0.29) is 13.0 Å². The van der Waals surface area contributed by atoms with Gasteiger partial charge in [0, 0.05) is 0 Å². The number of rotatable bonds is 6. The molecule has 0 atom stereocenters. The highest BCUT2D eigenvalue weighted by Crippen LogP contribution is 2.39. The molecule has 11 heteroatoms. The van der Waals surface area contributed by atoms with Crippen LogP contribution in [-0.4, -0.2) is 28.6 Å². The number of alkyl halides is 5. The van der Waals surface area contributed by atoms with E-state index in [1.54, 1.807) is 6.92 Å². The Kier molecular flexibility index (Phi) is 7.79. The van der Waals surface area contributed by atoms with Gasteiger partial charge in [-0.15, -0.1) is 0 Å². The number of nitrogens with zero attached hydrogens (tertiary/aromatic N) is 1. The van der Waals surface area contributed by atoms with E-state index in [0.717, 1.165) is 11.8 Å². The summed E-state index contributed by atoms with van der Waals surface area (Å²) in [5, 5.41) is 1.39. The van der Waals surface area contributed by atoms with Gasteiger partial charge in [-0.25, -0.2) is 18.6 Å². The number of aromatic nitrogens is 1. The summed E-state index contributed by atoms with van der Waals surface area (Å²) in [7, 11) is 0. The Labute approximate surface area is 150 Å². The maximum absolute atomic E-state index is 13.3. The van der Waals surface area contributed by atoms with Crippen molar-refractivity contribution in [1.29, 1.82) is 0 Å². The lowest BCUT2D eigenvalue weighted by atomic mass is 9.99. The quantitative estimate of drug-likeness (QED) is 0.534. The topological polar surface area (TPSA) is 68.3 Å². The van der Waals surface area contributed by atoms with Gasteiger partial charge in [0.2, 0.25) is 0 Å². The first-order valence-corrected chi connectivity index (χ1v) is 8.59. The van der Waals surface area contributed by atoms with E-state index in [0.29, 0.717) is 5.75 Å². The molecule has 1 aromatic rings. The van der Waals surface area contributed by atoms with Gasteiger partial charge >= 0.3 is 12.1 Å². The Morgan fingerprint density at radius 3 is 2.27 bits per heavy atom. The van der Waals surface area contributed by atoms with E-state index in [4.69, 9.17) is 0 Å². The van der Waals surface area contributed by atoms with Crippen molar-refractivity contribution in [2.24, 2.45) is 0 Å². The molecule has 1 heterocycles. The van der Waals surface area contributed by atoms with Crippen LogP contribution in [0.1, 0.15) is 54.5 Å². The van der Waals surface area contributed by atoms with E-state index in [2.05, 4.69) is 15.0 Å². The number of nitrogens with one attached hydrogen (secondary N) is 1. The van der Waals surface area contributed by atoms with Crippen LogP contribution in [0.25, 0.3) is 0 Å². The Balaban J connectivity index is 3.79. The summed E-state index contributed by atoms with van der Waals surface area (Å²) in [5.74, 6) is -1.03. The molecule has 1 N–H and O–H groups in total. The molecule has 146 valence electrons. The molecule has 1 amide bonds. The molecule has 0 aliphatic carbocycles. The van der Waals surface area contributed by atoms with Crippen molar-refractivity contribution in [2.75, 3.05) is 17.7 Å². The minimum Gasteiger partial charge on any atom is -0.462 e. The van der Waals surface area contributed by atoms with Gasteiger partial charge in [0.15, 0.2) is 5.69 Å². The predicted molar refractivity (Wildman–Crippen MR) is 86.7 cm³/mol. The molecule has 0 aliphatic heterocycles. The van der Waals surface area contributed by atoms with E-state index in [1.807, 2.05) is 0 Å². The summed E-state index contributed by atoms with van der Waals surface area (Å²) in [4.78, 5) is 26.8. The van der Waals surface area contributed by atoms with Gasteiger partial charge in [-0.05, 0) is 24.7 Å². The lowest BCUT2D eigenvalue weighted by Crippen LogP contribution is -2.23. The molecular weight excluding hydrogens is 383 g/mol. The van der Waals surface area contributed by atoms with Gasteiger partial charge in [0.05, 0.1) is 17.9 Å². The fourth-order valence-corrected chi connectivity index (χ4v) is 2.64. The summed E-state index contributed by atoms with van der Waals surface area (Å²) in [6.45, 7) is 4.17. The van der Waals surface area contributed by atoms with Crippen molar-refractivity contribution in [3.63, 3.8) is 0 Å². The van der Waals surface area contributed by atoms with Crippen molar-refractivity contribution < 1.29 is 36.3 Å². The molecule has 5 nitrogen and oxygen atoms in total. The normalized spacial score (nSPS) is 11.6. The second kappa shape index (κ2) is 9.15. The van der Waals surface area contributed by atoms with Gasteiger partial charge in [-0.2, -0.15) is 13.2 Å². The van der Waals surface area contributed by atoms with Gasteiger partial charge < -0.3 is 10.1 Å². The second-order valence-corrected chi connectivity index (χ2v) is 6.03. The first-order valence-electron chi connectivity index (χ1n) is 7.61. The molecular formula is C15H17F5N2O3S. The third-order valence-electron chi connectivity index (χ3n) is 3.14. The third-order valence-corrected chi connectivity index (χ3v) is 3.79. The summed E-state index contributed by atoms with van der Waals surface area (Å²) < 4.78 is 71.2. The first kappa shape index (κ1) is 22.1. The first-order chi connectivity index (χ1) is 12.1. The molecule has 1 aromatic heterocycles. The highest BCUT2D eigenvalue weighted by atomic mass is 32.2. The molecule has 0 aliphatic rings. The predicted octanol–water partition coefficient (Wildman–Crippen LogP) is 5.06. The van der Waals surface area contributed by atoms with Crippen LogP contribution < -0.4 is 5.32 Å². The molecule has 0 saturated heterocycles. The third kappa shape index (κ3) is 5.05. The van der Waals surface area contributed by atoms with E-state index in [9.17, 15) is 31.5 Å². The van der Waals surface area contributed by atoms with Crippen LogP contribution in [-0.2, 0) is 17.3 Å². The van der Waals surface area contributed by atoms with Crippen molar-refractivity contribution >= 4 is 28.7 Å². The maximum atomic E-state index is 13.3. The average molecular weight is 400 g/mol. The number of hydrogen-bond donors (Lipinski definition) is 1. The van der Waals surface area contributed by atoms with Crippen molar-refractivity contribution in [1.82, 2.24) is 4.98 Å². The Bertz CT molecular complexity index is 680. The van der Waals surface area contributed by atoms with Crippen LogP contribution in [0.2, 0.25) is 0 Å². The summed E-state index contributed by atoms with van der Waals surface area (Å²) in [6.07, 6.45) is -8.78. The van der Waals surface area contributed by atoms with E-state index in [1.165, 1.54) is 13.8 Å². The average Bonchev–Trinajstić information content (AvgIpc) is 2.53. The molecule has 0 spiro atoms. The van der Waals surface area contributed by atoms with Gasteiger partial charge in [-0.3, -0.25) is 4.79 Å². The number of esters is 1. The monoisotopic (exact) mass is 400 g/mol. The molecule has 0 fully saturated rings. The van der Waals surface area contributed by atoms with Crippen molar-refractivity contribution in [3.8, 4) is 0 Å². The zero-order valence-electron chi connectivity index (χ0n) is 14.2. The fraction of sp³-hybridized carbons (Fsp3) is 0.533. The SMILES string of the molecule is CCOC(=O)c1c(C(F)(F)F)nc(C(F)F)c(NC(=O)SCC)c1CC. The molecule has 0 bridgehead atoms. The smallest absolute Gasteiger partial charge is 0.434 e. The second-order valence-electron chi connectivity index (χ2n) is 4.79. The molecule has 0 saturated carbocycles. The zero-order chi connectivity index (χ0) is 20.1. The van der Waals surface area contributed by atoms with Crippen LogP contribution in [0.5, 0.6) is 0 Å². The Hall–Kier alpha value is -1.91. The number of halogens is 5. The number of pyridine rings is 1. The Morgan fingerprint density at radius 2 is 1.85 bits per heavy atom. The van der Waals surface area contributed by atoms with E-state index >= 15 is 0 Å². The Morgan fingerprint density at radius 1 is 1.23 bits per heavy atom. The van der Waals surface area contributed by atoms with Gasteiger partial charge in [0.1, 0.15) is 5.69 Å². The number of carbonyl (C=O) groups excluding carboxylic acids is 2. The minimum absolute atomic E-state index is 0.219. The lowest BCUT2D eigenvalue weighted by Gasteiger charge is -2.21. The number of ether oxygens (including phenoxy) is 1. The molecule has 0 unspecified atom stereocenters. The van der Waals surface area contributed by atoms with Crippen LogP contribution in [0.4, 0.5) is 32.4 Å². The highest BCUT2D eigenvalue weighted by molar-refractivity contribution is 8.13. The lowest BCUT2D eigenvalue weighted by molar-refractivity contribution is -0.142. The number of amides is 1. The van der Waals surface area contributed by atoms with E-state index < -0.39 is 52.0 Å². The number of anilines is 1. The maximum Gasteiger partial charge on any atom is 0.434 e. The summed E-state index contributed by atoms with van der Waals surface area (Å²) in [6, 6.07) is 0. The highest BCUT2D eigenvalue weighted by Gasteiger charge is 2.42. The largest absolute Gasteiger partial charge is 0.462 e. The van der Waals surface area contributed by atoms with Crippen LogP contribution in [0, 0.1) is 0 Å². The van der Waals surface area contributed by atoms with Gasteiger partial charge in [0.25, 0.3) is 11.7 Å². The van der Waals surface area contributed by atoms with Crippen molar-refractivity contribution in [3.05, 3.63) is 22.5 Å². The fourth-order valence-electron chi connectivity index (χ4n) is 2.20. The molecule has 0 aromatic carbocycles. The molecule has 1 rings (SSSR count). The summed E-state index contributed by atoms with van der Waals surface area (Å²) in [5.41, 5.74) is -4.96. The van der Waals surface area contributed by atoms with Crippen LogP contribution >= 0.6 is 11.8 Å². The number of hydrogen-bond acceptors (Lipinski definition) is 5. The standard InChI is InChI=1S/C15H17F5N2O3S/c1-4-7-8(13(23)25-5-2)11(15(18,19)20)21-10(12(16)17)9(7)22-14(24)26-6-3/h12H,4-6H2,1-3H3,(H,22,24). The minimum atomic E-state index is -5.16. The van der Waals surface area contributed by atoms with Crippen LogP contribution in [0.15, 0.2) is 0 Å². The summed E-state index contributed by atoms with van der Waals surface area (Å²) >= 11 is 0.739. The molecule has 26 heavy (non-hydrogen) atoms. The van der Waals surface area contributed by atoms with Crippen molar-refractivity contribution in [2.45, 2.75) is 39.8 Å². The number of thioether (sulfide) groups is 1.